The van der Waals surface area contributed by atoms with Crippen molar-refractivity contribution in [1.82, 2.24) is 16.3 Å². The van der Waals surface area contributed by atoms with Crippen LogP contribution in [0.3, 0.4) is 0 Å². The second-order valence-corrected chi connectivity index (χ2v) is 17.5. The number of ketones is 1. The molecule has 0 aliphatic rings. The highest BCUT2D eigenvalue weighted by molar-refractivity contribution is 6.13. The molecule has 80 heavy (non-hydrogen) atoms. The number of benzene rings is 5. The number of rotatable bonds is 15. The standard InChI is InChI=1S/C16H11F5O4.C15H23NO3.C11H14O4.C6HF5O.C4H10ClN.C2H2.H3N/c1-23-6-8-7(4-3-5-9(8)24-2)16(22)25-15-13(20)11(18)10(17)12(19)14(15)21;1-15(2,3)16-9-13(17)11-7-6-8-14(19-5)12(11)10-18-4;1-13-7-9-8(11(12)15-3)5-4-6-10(9)14-2;7-1-2(8)4(10)6(12)5(11)3(1)9;1-4(2,3)6-5;1-2;/h3-5H,6H2,1-2H3;6-8,16H,9-10H2,1-5H3;4-6H,7H2,1-3H3;12H;6H,1-3H3;1-2H;1H3/i;;;;;1D;. The zero-order chi connectivity index (χ0) is 61.8. The molecule has 0 heterocycles. The normalized spacial score (nSPS) is 10.5. The second kappa shape index (κ2) is 36.2. The predicted molar refractivity (Wildman–Crippen MR) is 277 cm³/mol. The fourth-order valence-corrected chi connectivity index (χ4v) is 5.76. The van der Waals surface area contributed by atoms with E-state index in [-0.39, 0.29) is 52.5 Å². The highest BCUT2D eigenvalue weighted by Crippen LogP contribution is 2.32. The number of phenolic OH excluding ortho intramolecular Hbond substituents is 1. The summed E-state index contributed by atoms with van der Waals surface area (Å²) >= 11 is 5.23. The van der Waals surface area contributed by atoms with Crippen molar-refractivity contribution in [2.45, 2.75) is 72.4 Å². The molecule has 0 amide bonds. The Kier molecular flexibility index (Phi) is 32.9. The number of esters is 2. The van der Waals surface area contributed by atoms with Gasteiger partial charge in [0.2, 0.25) is 63.9 Å². The molecule has 0 saturated carbocycles. The minimum atomic E-state index is -2.35. The van der Waals surface area contributed by atoms with Gasteiger partial charge in [0.1, 0.15) is 18.6 Å². The number of hydrogen-bond acceptors (Lipinski definition) is 15. The smallest absolute Gasteiger partial charge is 0.344 e. The quantitative estimate of drug-likeness (QED) is 0.0112. The van der Waals surface area contributed by atoms with Crippen LogP contribution in [-0.2, 0) is 38.8 Å². The lowest BCUT2D eigenvalue weighted by atomic mass is 10.0. The molecule has 0 atom stereocenters. The summed E-state index contributed by atoms with van der Waals surface area (Å²) in [4.78, 5) is 38.5. The number of carbonyl (C=O) groups excluding carboxylic acids is 3. The Morgan fingerprint density at radius 1 is 0.537 bits per heavy atom. The summed E-state index contributed by atoms with van der Waals surface area (Å²) in [5.41, 5.74) is 2.56. The summed E-state index contributed by atoms with van der Waals surface area (Å²) in [7, 11) is 10.3. The van der Waals surface area contributed by atoms with Crippen LogP contribution < -0.4 is 35.3 Å². The van der Waals surface area contributed by atoms with Gasteiger partial charge in [-0.05, 0) is 83.7 Å². The van der Waals surface area contributed by atoms with Gasteiger partial charge in [0.25, 0.3) is 0 Å². The van der Waals surface area contributed by atoms with Gasteiger partial charge in [0.05, 0.1) is 65.9 Å². The van der Waals surface area contributed by atoms with Crippen molar-refractivity contribution in [3.05, 3.63) is 146 Å². The van der Waals surface area contributed by atoms with Crippen molar-refractivity contribution in [2.24, 2.45) is 0 Å². The highest BCUT2D eigenvalue weighted by Gasteiger charge is 2.30. The minimum absolute atomic E-state index is 0. The van der Waals surface area contributed by atoms with E-state index >= 15 is 0 Å². The van der Waals surface area contributed by atoms with Gasteiger partial charge in [0.15, 0.2) is 11.5 Å². The lowest BCUT2D eigenvalue weighted by molar-refractivity contribution is 0.0594. The van der Waals surface area contributed by atoms with Crippen molar-refractivity contribution >= 4 is 29.5 Å². The monoisotopic (exact) mass is 1170 g/mol. The molecule has 444 valence electrons. The summed E-state index contributed by atoms with van der Waals surface area (Å²) in [6.07, 6.45) is 5.76. The van der Waals surface area contributed by atoms with Crippen LogP contribution in [0.25, 0.3) is 0 Å². The van der Waals surface area contributed by atoms with Crippen molar-refractivity contribution in [3.8, 4) is 41.6 Å². The molecule has 0 aliphatic carbocycles. The maximum atomic E-state index is 13.6. The topological polar surface area (TPSA) is 204 Å². The third-order valence-corrected chi connectivity index (χ3v) is 10.0. The number of phenols is 1. The summed E-state index contributed by atoms with van der Waals surface area (Å²) in [6, 6.07) is 14.8. The Balaban J connectivity index is 0. The van der Waals surface area contributed by atoms with Crippen LogP contribution in [0.4, 0.5) is 43.9 Å². The number of ether oxygens (including phenoxy) is 8. The van der Waals surface area contributed by atoms with Gasteiger partial charge in [0, 0.05) is 54.7 Å². The van der Waals surface area contributed by atoms with Crippen molar-refractivity contribution in [1.29, 1.82) is 0 Å². The minimum Gasteiger partial charge on any atom is -0.503 e. The SMILES string of the molecule is CC(C)(C)NCl.COCc1c(OC)cccc1C(=O)CNC(C)(C)C.COCc1c(OC)cccc1C(=O)OC.COCc1c(OC)cccc1C(=O)Oc1c(F)c(F)c(F)c(F)c1F.N.Oc1c(F)c(F)c(F)c(F)c1F.[2H]C#C. The Labute approximate surface area is 463 Å². The fourth-order valence-electron chi connectivity index (χ4n) is 5.76. The van der Waals surface area contributed by atoms with Crippen LogP contribution >= 0.6 is 11.8 Å². The number of aromatic hydroxyl groups is 1. The number of methoxy groups -OCH3 is 7. The van der Waals surface area contributed by atoms with E-state index in [9.17, 15) is 58.3 Å². The molecule has 5 aromatic rings. The number of Topliss-reactive ketones (excluding diaryl/α,β-unsaturated/α-hetero) is 1. The van der Waals surface area contributed by atoms with Crippen LogP contribution in [-0.4, -0.2) is 90.2 Å². The van der Waals surface area contributed by atoms with E-state index in [1.165, 1.54) is 45.9 Å². The number of nitrogens with one attached hydrogen (secondary N) is 2. The molecule has 0 spiro atoms. The molecule has 6 N–H and O–H groups in total. The molecule has 5 rings (SSSR count). The van der Waals surface area contributed by atoms with Gasteiger partial charge in [-0.25, -0.2) is 40.8 Å². The summed E-state index contributed by atoms with van der Waals surface area (Å²) in [5, 5.41) is 11.5. The molecule has 5 aromatic carbocycles. The summed E-state index contributed by atoms with van der Waals surface area (Å²) in [5.74, 6) is -26.1. The van der Waals surface area contributed by atoms with Crippen LogP contribution in [0.2, 0.25) is 0 Å². The van der Waals surface area contributed by atoms with Gasteiger partial charge in [-0.1, -0.05) is 24.3 Å². The van der Waals surface area contributed by atoms with E-state index in [0.29, 0.717) is 47.9 Å². The van der Waals surface area contributed by atoms with Crippen LogP contribution in [0.1, 0.15) is 90.7 Å². The van der Waals surface area contributed by atoms with Gasteiger partial charge < -0.3 is 54.5 Å². The third kappa shape index (κ3) is 22.2. The summed E-state index contributed by atoms with van der Waals surface area (Å²) < 4.78 is 173. The first-order valence-corrected chi connectivity index (χ1v) is 22.8. The molecular weight excluding hydrogens is 1110 g/mol. The summed E-state index contributed by atoms with van der Waals surface area (Å²) in [6.45, 7) is 12.9. The van der Waals surface area contributed by atoms with E-state index in [1.54, 1.807) is 46.6 Å². The maximum absolute atomic E-state index is 13.6. The predicted octanol–water partition coefficient (Wildman–Crippen LogP) is 11.8. The van der Waals surface area contributed by atoms with Crippen molar-refractivity contribution < 1.29 is 103 Å². The molecule has 15 nitrogen and oxygen atoms in total. The fraction of sp³-hybridized carbons (Fsp3) is 0.352. The molecule has 0 unspecified atom stereocenters. The maximum Gasteiger partial charge on any atom is 0.344 e. The zero-order valence-electron chi connectivity index (χ0n) is 46.9. The van der Waals surface area contributed by atoms with Gasteiger partial charge in [-0.2, -0.15) is 17.6 Å². The van der Waals surface area contributed by atoms with E-state index in [1.807, 2.05) is 59.7 Å². The number of carbonyl (C=O) groups is 3. The molecule has 0 aromatic heterocycles. The zero-order valence-corrected chi connectivity index (χ0v) is 46.7. The molecule has 0 fully saturated rings. The Morgan fingerprint density at radius 2 is 0.838 bits per heavy atom. The van der Waals surface area contributed by atoms with E-state index in [4.69, 9.17) is 46.7 Å². The van der Waals surface area contributed by atoms with E-state index in [0.717, 1.165) is 5.56 Å². The first-order valence-electron chi connectivity index (χ1n) is 22.9. The molecule has 0 aliphatic heterocycles. The highest BCUT2D eigenvalue weighted by atomic mass is 35.5. The number of halogens is 11. The Morgan fingerprint density at radius 3 is 1.14 bits per heavy atom. The third-order valence-electron chi connectivity index (χ3n) is 9.46. The van der Waals surface area contributed by atoms with Crippen molar-refractivity contribution in [3.63, 3.8) is 0 Å². The number of hydrogen-bond donors (Lipinski definition) is 4. The van der Waals surface area contributed by atoms with Gasteiger partial charge in [-0.3, -0.25) is 4.79 Å². The first-order chi connectivity index (χ1) is 37.4. The molecule has 0 radical (unpaired) electrons. The van der Waals surface area contributed by atoms with Crippen LogP contribution in [0.5, 0.6) is 28.7 Å². The van der Waals surface area contributed by atoms with Crippen molar-refractivity contribution in [2.75, 3.05) is 56.3 Å². The average molecular weight is 1170 g/mol. The Hall–Kier alpha value is -7.18. The van der Waals surface area contributed by atoms with Crippen LogP contribution in [0.15, 0.2) is 54.6 Å². The van der Waals surface area contributed by atoms with Gasteiger partial charge >= 0.3 is 11.9 Å². The number of terminal acetylenes is 1. The van der Waals surface area contributed by atoms with Gasteiger partial charge in [-0.15, -0.1) is 12.8 Å². The Bertz CT molecular complexity index is 2750. The lowest BCUT2D eigenvalue weighted by Gasteiger charge is -2.20. The molecule has 0 bridgehead atoms. The lowest BCUT2D eigenvalue weighted by Crippen LogP contribution is -2.39. The largest absolute Gasteiger partial charge is 0.503 e. The van der Waals surface area contributed by atoms with Crippen LogP contribution in [0, 0.1) is 71.0 Å². The van der Waals surface area contributed by atoms with E-state index < -0.39 is 75.6 Å². The van der Waals surface area contributed by atoms with E-state index in [2.05, 4.69) is 26.0 Å². The average Bonchev–Trinajstić information content (AvgIpc) is 3.43. The molecule has 26 heteroatoms. The second-order valence-electron chi connectivity index (χ2n) is 17.3. The molecular formula is C54H64ClF10N3O12. The first kappa shape index (κ1) is 72.8. The molecule has 0 saturated heterocycles.